The third-order valence-electron chi connectivity index (χ3n) is 2.20. The Labute approximate surface area is 111 Å². The Hall–Kier alpha value is -3.30. The first-order chi connectivity index (χ1) is 9.58. The number of carbonyl (C=O) groups is 2. The van der Waals surface area contributed by atoms with Crippen LogP contribution in [0.1, 0.15) is 0 Å². The molecule has 1 heterocycles. The molecule has 10 nitrogen and oxygen atoms in total. The van der Waals surface area contributed by atoms with Gasteiger partial charge in [0.2, 0.25) is 0 Å². The molecule has 0 aliphatic heterocycles. The predicted molar refractivity (Wildman–Crippen MR) is 66.1 cm³/mol. The van der Waals surface area contributed by atoms with Crippen LogP contribution >= 0.6 is 0 Å². The van der Waals surface area contributed by atoms with Crippen LogP contribution in [0.25, 0.3) is 0 Å². The topological polar surface area (TPSA) is 132 Å². The van der Waals surface area contributed by atoms with Crippen molar-refractivity contribution in [2.24, 2.45) is 0 Å². The Balaban J connectivity index is 2.08. The first-order valence-corrected chi connectivity index (χ1v) is 5.28. The maximum Gasteiger partial charge on any atom is 0.328 e. The zero-order valence-corrected chi connectivity index (χ0v) is 9.89. The Morgan fingerprint density at radius 2 is 1.80 bits per heavy atom. The van der Waals surface area contributed by atoms with Gasteiger partial charge in [-0.1, -0.05) is 12.1 Å². The molecule has 1 aromatic heterocycles. The summed E-state index contributed by atoms with van der Waals surface area (Å²) in [6.45, 7) is 0. The summed E-state index contributed by atoms with van der Waals surface area (Å²) in [4.78, 5) is 33.2. The van der Waals surface area contributed by atoms with Gasteiger partial charge in [-0.25, -0.2) is 4.68 Å². The molecule has 2 amide bonds. The van der Waals surface area contributed by atoms with E-state index in [2.05, 4.69) is 20.9 Å². The number of nitrogens with zero attached hydrogens (tertiary/aromatic N) is 4. The monoisotopic (exact) mass is 276 g/mol. The van der Waals surface area contributed by atoms with Gasteiger partial charge < -0.3 is 5.32 Å². The lowest BCUT2D eigenvalue weighted by molar-refractivity contribution is -0.383. The van der Waals surface area contributed by atoms with Crippen LogP contribution in [0.15, 0.2) is 36.9 Å². The van der Waals surface area contributed by atoms with E-state index in [1.807, 2.05) is 0 Å². The molecule has 0 radical (unpaired) electrons. The maximum absolute atomic E-state index is 11.6. The lowest BCUT2D eigenvalue weighted by atomic mass is 10.2. The number of benzene rings is 1. The summed E-state index contributed by atoms with van der Waals surface area (Å²) in [5.74, 6) is -2.06. The fourth-order valence-corrected chi connectivity index (χ4v) is 1.34. The van der Waals surface area contributed by atoms with Gasteiger partial charge in [-0.3, -0.25) is 25.1 Å². The third kappa shape index (κ3) is 2.93. The van der Waals surface area contributed by atoms with Crippen LogP contribution in [0.3, 0.4) is 0 Å². The molecule has 2 N–H and O–H groups in total. The van der Waals surface area contributed by atoms with Crippen LogP contribution < -0.4 is 10.7 Å². The highest BCUT2D eigenvalue weighted by Crippen LogP contribution is 2.22. The average Bonchev–Trinajstić information content (AvgIpc) is 2.91. The highest BCUT2D eigenvalue weighted by atomic mass is 16.6. The molecule has 0 saturated heterocycles. The molecule has 1 aromatic carbocycles. The van der Waals surface area contributed by atoms with Crippen molar-refractivity contribution in [3.63, 3.8) is 0 Å². The summed E-state index contributed by atoms with van der Waals surface area (Å²) in [6.07, 6.45) is 2.35. The van der Waals surface area contributed by atoms with E-state index in [9.17, 15) is 19.7 Å². The van der Waals surface area contributed by atoms with E-state index < -0.39 is 16.7 Å². The standard InChI is InChI=1S/C10H8N6O4/c17-9(10(18)14-15-5-11-12-6-15)13-7-3-1-2-4-8(7)16(19)20/h1-6H,(H,13,17)(H,14,18). The van der Waals surface area contributed by atoms with E-state index in [0.29, 0.717) is 0 Å². The van der Waals surface area contributed by atoms with Crippen molar-refractivity contribution in [2.75, 3.05) is 10.7 Å². The zero-order valence-electron chi connectivity index (χ0n) is 9.89. The van der Waals surface area contributed by atoms with Crippen molar-refractivity contribution in [1.29, 1.82) is 0 Å². The molecule has 102 valence electrons. The van der Waals surface area contributed by atoms with E-state index in [0.717, 1.165) is 4.68 Å². The van der Waals surface area contributed by atoms with Gasteiger partial charge in [0, 0.05) is 6.07 Å². The quantitative estimate of drug-likeness (QED) is 0.457. The summed E-state index contributed by atoms with van der Waals surface area (Å²) in [7, 11) is 0. The molecular weight excluding hydrogens is 268 g/mol. The lowest BCUT2D eigenvalue weighted by Crippen LogP contribution is -2.33. The smallest absolute Gasteiger partial charge is 0.312 e. The largest absolute Gasteiger partial charge is 0.328 e. The second-order valence-electron chi connectivity index (χ2n) is 3.54. The normalized spacial score (nSPS) is 9.80. The highest BCUT2D eigenvalue weighted by Gasteiger charge is 2.19. The van der Waals surface area contributed by atoms with Crippen LogP contribution in [0, 0.1) is 10.1 Å². The molecule has 10 heteroatoms. The molecule has 0 atom stereocenters. The number of nitrogens with one attached hydrogen (secondary N) is 2. The SMILES string of the molecule is O=C(Nc1ccccc1[N+](=O)[O-])C(=O)Nn1cnnc1. The van der Waals surface area contributed by atoms with Crippen LogP contribution in [0.2, 0.25) is 0 Å². The number of hydrogen-bond donors (Lipinski definition) is 2. The minimum absolute atomic E-state index is 0.0681. The van der Waals surface area contributed by atoms with Crippen molar-refractivity contribution in [3.05, 3.63) is 47.0 Å². The summed E-state index contributed by atoms with van der Waals surface area (Å²) in [5, 5.41) is 19.8. The number of nitro benzene ring substituents is 1. The van der Waals surface area contributed by atoms with Crippen molar-refractivity contribution < 1.29 is 14.5 Å². The van der Waals surface area contributed by atoms with E-state index in [4.69, 9.17) is 0 Å². The molecule has 0 aliphatic carbocycles. The molecule has 0 bridgehead atoms. The average molecular weight is 276 g/mol. The van der Waals surface area contributed by atoms with Gasteiger partial charge in [0.25, 0.3) is 5.69 Å². The number of carbonyl (C=O) groups excluding carboxylic acids is 2. The van der Waals surface area contributed by atoms with Gasteiger partial charge in [0.05, 0.1) is 4.92 Å². The summed E-state index contributed by atoms with van der Waals surface area (Å²) >= 11 is 0. The number of amides is 2. The Morgan fingerprint density at radius 1 is 1.15 bits per heavy atom. The van der Waals surface area contributed by atoms with E-state index >= 15 is 0 Å². The number of anilines is 1. The Morgan fingerprint density at radius 3 is 2.45 bits per heavy atom. The second-order valence-corrected chi connectivity index (χ2v) is 3.54. The molecule has 0 saturated carbocycles. The van der Waals surface area contributed by atoms with Crippen LogP contribution in [-0.2, 0) is 9.59 Å². The van der Waals surface area contributed by atoms with Crippen LogP contribution in [0.4, 0.5) is 11.4 Å². The lowest BCUT2D eigenvalue weighted by Gasteiger charge is -2.06. The molecule has 0 aliphatic rings. The fraction of sp³-hybridized carbons (Fsp3) is 0. The summed E-state index contributed by atoms with van der Waals surface area (Å²) in [6, 6.07) is 5.49. The van der Waals surface area contributed by atoms with Crippen molar-refractivity contribution >= 4 is 23.2 Å². The molecular formula is C10H8N6O4. The summed E-state index contributed by atoms with van der Waals surface area (Å²) in [5.41, 5.74) is 1.79. The van der Waals surface area contributed by atoms with E-state index in [-0.39, 0.29) is 11.4 Å². The third-order valence-corrected chi connectivity index (χ3v) is 2.20. The number of hydrogen-bond acceptors (Lipinski definition) is 6. The van der Waals surface area contributed by atoms with E-state index in [1.54, 1.807) is 0 Å². The minimum Gasteiger partial charge on any atom is -0.312 e. The predicted octanol–water partition coefficient (Wildman–Crippen LogP) is -0.105. The van der Waals surface area contributed by atoms with Gasteiger partial charge >= 0.3 is 11.8 Å². The Kier molecular flexibility index (Phi) is 3.65. The van der Waals surface area contributed by atoms with Crippen LogP contribution in [-0.4, -0.2) is 31.6 Å². The van der Waals surface area contributed by atoms with Gasteiger partial charge in [-0.15, -0.1) is 10.2 Å². The molecule has 2 aromatic rings. The van der Waals surface area contributed by atoms with Gasteiger partial charge in [0.15, 0.2) is 0 Å². The molecule has 0 spiro atoms. The molecule has 0 fully saturated rings. The molecule has 20 heavy (non-hydrogen) atoms. The first kappa shape index (κ1) is 13.1. The zero-order chi connectivity index (χ0) is 14.5. The van der Waals surface area contributed by atoms with Gasteiger partial charge in [-0.05, 0) is 6.07 Å². The van der Waals surface area contributed by atoms with Gasteiger partial charge in [0.1, 0.15) is 18.3 Å². The number of aromatic nitrogens is 3. The first-order valence-electron chi connectivity index (χ1n) is 5.28. The van der Waals surface area contributed by atoms with Crippen molar-refractivity contribution in [2.45, 2.75) is 0 Å². The second kappa shape index (κ2) is 5.56. The Bertz CT molecular complexity index is 654. The van der Waals surface area contributed by atoms with Crippen LogP contribution in [0.5, 0.6) is 0 Å². The fourth-order valence-electron chi connectivity index (χ4n) is 1.34. The van der Waals surface area contributed by atoms with Crippen molar-refractivity contribution in [3.8, 4) is 0 Å². The number of para-hydroxylation sites is 2. The number of rotatable bonds is 3. The summed E-state index contributed by atoms with van der Waals surface area (Å²) < 4.78 is 1.07. The maximum atomic E-state index is 11.6. The van der Waals surface area contributed by atoms with Crippen molar-refractivity contribution in [1.82, 2.24) is 14.9 Å². The highest BCUT2D eigenvalue weighted by molar-refractivity contribution is 6.42. The number of nitro groups is 1. The minimum atomic E-state index is -1.05. The van der Waals surface area contributed by atoms with E-state index in [1.165, 1.54) is 36.9 Å². The molecule has 0 unspecified atom stereocenters. The molecule has 2 rings (SSSR count). The van der Waals surface area contributed by atoms with Gasteiger partial charge in [-0.2, -0.15) is 0 Å².